The summed E-state index contributed by atoms with van der Waals surface area (Å²) >= 11 is 0. The predicted molar refractivity (Wildman–Crippen MR) is 130 cm³/mol. The van der Waals surface area contributed by atoms with Gasteiger partial charge >= 0.3 is 6.18 Å². The summed E-state index contributed by atoms with van der Waals surface area (Å²) in [6, 6.07) is 3.72. The first-order valence-corrected chi connectivity index (χ1v) is 12.1. The molecule has 1 aromatic carbocycles. The van der Waals surface area contributed by atoms with Crippen LogP contribution in [0.25, 0.3) is 0 Å². The number of alkyl halides is 3. The smallest absolute Gasteiger partial charge is 0.396 e. The molecule has 2 atom stereocenters. The summed E-state index contributed by atoms with van der Waals surface area (Å²) in [6.45, 7) is 1.82. The number of halogens is 4. The van der Waals surface area contributed by atoms with Crippen molar-refractivity contribution in [3.8, 4) is 0 Å². The van der Waals surface area contributed by atoms with Gasteiger partial charge in [0.05, 0.1) is 18.2 Å². The van der Waals surface area contributed by atoms with E-state index < -0.39 is 41.2 Å². The molecule has 38 heavy (non-hydrogen) atoms. The number of amides is 1. The molecule has 3 rings (SSSR count). The van der Waals surface area contributed by atoms with E-state index in [-0.39, 0.29) is 50.7 Å². The molecule has 2 aromatic rings. The van der Waals surface area contributed by atoms with E-state index in [1.54, 1.807) is 6.92 Å². The number of nitrogens with one attached hydrogen (secondary N) is 1. The van der Waals surface area contributed by atoms with E-state index in [1.165, 1.54) is 21.9 Å². The molecule has 1 amide bonds. The van der Waals surface area contributed by atoms with Crippen molar-refractivity contribution in [2.24, 2.45) is 11.7 Å². The lowest BCUT2D eigenvalue weighted by atomic mass is 9.89. The highest BCUT2D eigenvalue weighted by atomic mass is 19.4. The highest BCUT2D eigenvalue weighted by molar-refractivity contribution is 5.79. The lowest BCUT2D eigenvalue weighted by Gasteiger charge is -2.43. The van der Waals surface area contributed by atoms with Gasteiger partial charge in [0.25, 0.3) is 0 Å². The molecule has 0 saturated carbocycles. The molecule has 1 aliphatic rings. The zero-order valence-corrected chi connectivity index (χ0v) is 20.8. The lowest BCUT2D eigenvalue weighted by Crippen LogP contribution is -2.60. The Labute approximate surface area is 217 Å². The number of carbonyl (C=O) groups is 1. The monoisotopic (exact) mass is 544 g/mol. The Morgan fingerprint density at radius 1 is 1.29 bits per heavy atom. The molecule has 210 valence electrons. The number of β-amino-alcohol motifs (C(OH)–C–C–N with tert-alkyl or cyclic N) is 2. The Balaban J connectivity index is 1.68. The quantitative estimate of drug-likeness (QED) is 0.209. The van der Waals surface area contributed by atoms with Gasteiger partial charge in [0, 0.05) is 32.2 Å². The summed E-state index contributed by atoms with van der Waals surface area (Å²) in [5.74, 6) is -4.68. The van der Waals surface area contributed by atoms with Gasteiger partial charge in [-0.25, -0.2) is 9.97 Å². The maximum absolute atomic E-state index is 15.3. The van der Waals surface area contributed by atoms with Crippen molar-refractivity contribution in [1.29, 1.82) is 0 Å². The molecule has 0 bridgehead atoms. The van der Waals surface area contributed by atoms with Crippen LogP contribution in [0.1, 0.15) is 30.9 Å². The number of hydrogen-bond donors (Lipinski definition) is 5. The molecule has 1 fully saturated rings. The van der Waals surface area contributed by atoms with Gasteiger partial charge in [-0.1, -0.05) is 12.1 Å². The Hall–Kier alpha value is -3.07. The van der Waals surface area contributed by atoms with E-state index >= 15 is 4.39 Å². The van der Waals surface area contributed by atoms with E-state index in [4.69, 9.17) is 5.73 Å². The number of hydrogen-bond acceptors (Lipinski definition) is 9. The zero-order valence-electron chi connectivity index (χ0n) is 20.8. The number of aliphatic hydroxyl groups excluding tert-OH is 1. The number of aliphatic hydroxyl groups is 3. The molecule has 6 N–H and O–H groups in total. The van der Waals surface area contributed by atoms with Gasteiger partial charge in [0.1, 0.15) is 6.33 Å². The molecule has 0 aliphatic carbocycles. The van der Waals surface area contributed by atoms with Crippen LogP contribution >= 0.6 is 0 Å². The number of rotatable bonds is 11. The Kier molecular flexibility index (Phi) is 9.46. The number of benzene rings is 1. The largest absolute Gasteiger partial charge is 0.416 e. The molecule has 1 aromatic heterocycles. The van der Waals surface area contributed by atoms with Crippen LogP contribution < -0.4 is 16.0 Å². The van der Waals surface area contributed by atoms with E-state index in [2.05, 4.69) is 15.3 Å². The number of carbonyl (C=O) groups excluding carboxylic acids is 1. The second-order valence-corrected chi connectivity index (χ2v) is 9.21. The second-order valence-electron chi connectivity index (χ2n) is 9.21. The van der Waals surface area contributed by atoms with Crippen molar-refractivity contribution in [2.45, 2.75) is 44.3 Å². The van der Waals surface area contributed by atoms with E-state index in [0.717, 1.165) is 18.5 Å². The third kappa shape index (κ3) is 7.07. The highest BCUT2D eigenvalue weighted by Crippen LogP contribution is 2.31. The summed E-state index contributed by atoms with van der Waals surface area (Å²) in [5, 5.41) is 33.2. The van der Waals surface area contributed by atoms with Crippen molar-refractivity contribution >= 4 is 17.5 Å². The van der Waals surface area contributed by atoms with Crippen LogP contribution in [-0.4, -0.2) is 80.7 Å². The zero-order chi connectivity index (χ0) is 28.1. The first-order valence-electron chi connectivity index (χ1n) is 12.1. The predicted octanol–water partition coefficient (Wildman–Crippen LogP) is 1.31. The minimum absolute atomic E-state index is 0.0551. The molecule has 10 nitrogen and oxygen atoms in total. The SMILES string of the molecule is CCN(Cc1ccc(C(F)(F)F)cc1)c1ncnc(NC[C@@H]2CCN(C(CCO)C(N)=O)CC2(O)O)c1F. The second kappa shape index (κ2) is 12.2. The Bertz CT molecular complexity index is 1090. The minimum Gasteiger partial charge on any atom is -0.396 e. The molecule has 1 saturated heterocycles. The molecule has 1 unspecified atom stereocenters. The van der Waals surface area contributed by atoms with Gasteiger partial charge in [0.2, 0.25) is 11.7 Å². The van der Waals surface area contributed by atoms with Crippen LogP contribution in [0, 0.1) is 11.7 Å². The van der Waals surface area contributed by atoms with Crippen LogP contribution in [0.2, 0.25) is 0 Å². The van der Waals surface area contributed by atoms with Gasteiger partial charge in [-0.2, -0.15) is 17.6 Å². The van der Waals surface area contributed by atoms with Crippen LogP contribution in [0.15, 0.2) is 30.6 Å². The van der Waals surface area contributed by atoms with Gasteiger partial charge in [0.15, 0.2) is 17.4 Å². The van der Waals surface area contributed by atoms with Gasteiger partial charge in [-0.3, -0.25) is 9.69 Å². The minimum atomic E-state index is -4.46. The lowest BCUT2D eigenvalue weighted by molar-refractivity contribution is -0.228. The average Bonchev–Trinajstić information content (AvgIpc) is 2.85. The first kappa shape index (κ1) is 29.5. The summed E-state index contributed by atoms with van der Waals surface area (Å²) in [6.07, 6.45) is -3.02. The summed E-state index contributed by atoms with van der Waals surface area (Å²) in [4.78, 5) is 22.6. The van der Waals surface area contributed by atoms with Gasteiger partial charge in [-0.05, 0) is 44.0 Å². The van der Waals surface area contributed by atoms with Crippen LogP contribution in [-0.2, 0) is 17.5 Å². The fourth-order valence-corrected chi connectivity index (χ4v) is 4.50. The molecule has 14 heteroatoms. The third-order valence-electron chi connectivity index (χ3n) is 6.65. The van der Waals surface area contributed by atoms with Crippen LogP contribution in [0.4, 0.5) is 29.2 Å². The number of anilines is 2. The fourth-order valence-electron chi connectivity index (χ4n) is 4.50. The Morgan fingerprint density at radius 3 is 2.53 bits per heavy atom. The fraction of sp³-hybridized carbons (Fsp3) is 0.542. The highest BCUT2D eigenvalue weighted by Gasteiger charge is 2.43. The van der Waals surface area contributed by atoms with E-state index in [0.29, 0.717) is 18.7 Å². The van der Waals surface area contributed by atoms with Crippen molar-refractivity contribution in [1.82, 2.24) is 14.9 Å². The molecule has 0 radical (unpaired) electrons. The van der Waals surface area contributed by atoms with Crippen molar-refractivity contribution in [2.75, 3.05) is 43.0 Å². The van der Waals surface area contributed by atoms with E-state index in [1.807, 2.05) is 0 Å². The maximum Gasteiger partial charge on any atom is 0.416 e. The number of nitrogens with two attached hydrogens (primary N) is 1. The number of likely N-dealkylation sites (tertiary alicyclic amines) is 1. The van der Waals surface area contributed by atoms with Crippen molar-refractivity contribution in [3.63, 3.8) is 0 Å². The number of nitrogens with zero attached hydrogens (tertiary/aromatic N) is 4. The number of aromatic nitrogens is 2. The topological polar surface area (TPSA) is 148 Å². The molecule has 2 heterocycles. The standard InChI is InChI=1S/C24H32F4N6O4/c1-2-33(12-15-3-5-16(6-4-15)24(26,27)28)22-19(25)21(31-14-32-22)30-11-17-7-9-34(13-23(17,37)38)18(8-10-35)20(29)36/h3-6,14,17-18,35,37-38H,2,7-13H2,1H3,(H2,29,36)(H,30,31,32)/t17-,18?/m0/s1. The van der Waals surface area contributed by atoms with Crippen molar-refractivity contribution in [3.05, 3.63) is 47.5 Å². The normalized spacial score (nSPS) is 18.7. The first-order chi connectivity index (χ1) is 17.9. The van der Waals surface area contributed by atoms with E-state index in [9.17, 15) is 33.3 Å². The number of primary amides is 1. The summed E-state index contributed by atoms with van der Waals surface area (Å²) in [5.41, 5.74) is 5.13. The molecule has 1 aliphatic heterocycles. The Morgan fingerprint density at radius 2 is 1.97 bits per heavy atom. The van der Waals surface area contributed by atoms with Gasteiger partial charge < -0.3 is 31.3 Å². The third-order valence-corrected chi connectivity index (χ3v) is 6.65. The summed E-state index contributed by atoms with van der Waals surface area (Å²) in [7, 11) is 0. The average molecular weight is 545 g/mol. The molecular weight excluding hydrogens is 512 g/mol. The van der Waals surface area contributed by atoms with Gasteiger partial charge in [-0.15, -0.1) is 0 Å². The van der Waals surface area contributed by atoms with Crippen LogP contribution in [0.3, 0.4) is 0 Å². The summed E-state index contributed by atoms with van der Waals surface area (Å²) < 4.78 is 53.8. The molecular formula is C24H32F4N6O4. The van der Waals surface area contributed by atoms with Crippen molar-refractivity contribution < 1.29 is 37.7 Å². The maximum atomic E-state index is 15.3. The van der Waals surface area contributed by atoms with Crippen LogP contribution in [0.5, 0.6) is 0 Å². The molecule has 0 spiro atoms. The number of piperidine rings is 1.